The molecule has 4 rings (SSSR count). The van der Waals surface area contributed by atoms with Crippen molar-refractivity contribution in [2.24, 2.45) is 5.10 Å². The van der Waals surface area contributed by atoms with Crippen LogP contribution in [0.25, 0.3) is 0 Å². The summed E-state index contributed by atoms with van der Waals surface area (Å²) < 4.78 is 33.2. The maximum absolute atomic E-state index is 12.6. The Bertz CT molecular complexity index is 1310. The van der Waals surface area contributed by atoms with Crippen molar-refractivity contribution in [3.05, 3.63) is 88.9 Å². The van der Waals surface area contributed by atoms with Crippen LogP contribution in [0, 0.1) is 0 Å². The fourth-order valence-corrected chi connectivity index (χ4v) is 4.90. The number of benzene rings is 3. The number of hydrazone groups is 1. The van der Waals surface area contributed by atoms with Crippen molar-refractivity contribution in [2.45, 2.75) is 24.3 Å². The largest absolute Gasteiger partial charge is 0.496 e. The molecule has 1 amide bonds. The van der Waals surface area contributed by atoms with Crippen LogP contribution in [-0.2, 0) is 14.8 Å². The van der Waals surface area contributed by atoms with Gasteiger partial charge in [-0.15, -0.1) is 0 Å². The van der Waals surface area contributed by atoms with Crippen LogP contribution < -0.4 is 9.46 Å². The molecular formula is C24H22ClN3O4S. The van der Waals surface area contributed by atoms with Gasteiger partial charge in [-0.1, -0.05) is 41.9 Å². The predicted molar refractivity (Wildman–Crippen MR) is 128 cm³/mol. The van der Waals surface area contributed by atoms with Crippen molar-refractivity contribution >= 4 is 38.9 Å². The molecule has 0 bridgehead atoms. The highest BCUT2D eigenvalue weighted by atomic mass is 35.5. The highest BCUT2D eigenvalue weighted by Gasteiger charge is 2.33. The SMILES string of the molecule is COc1ccccc1C1CC(c2ccc(NS(=O)(=O)c3ccc(Cl)cc3)cc2)=NN1C(C)=O. The second-order valence-corrected chi connectivity index (χ2v) is 9.63. The van der Waals surface area contributed by atoms with Gasteiger partial charge in [-0.25, -0.2) is 13.4 Å². The van der Waals surface area contributed by atoms with Crippen molar-refractivity contribution in [1.29, 1.82) is 0 Å². The third-order valence-electron chi connectivity index (χ3n) is 5.33. The van der Waals surface area contributed by atoms with Gasteiger partial charge in [-0.3, -0.25) is 9.52 Å². The van der Waals surface area contributed by atoms with Crippen LogP contribution in [0.3, 0.4) is 0 Å². The first-order valence-corrected chi connectivity index (χ1v) is 12.0. The number of amides is 1. The van der Waals surface area contributed by atoms with Crippen molar-refractivity contribution in [2.75, 3.05) is 11.8 Å². The third kappa shape index (κ3) is 4.86. The van der Waals surface area contributed by atoms with Gasteiger partial charge in [0.15, 0.2) is 0 Å². The van der Waals surface area contributed by atoms with Gasteiger partial charge in [0.2, 0.25) is 5.91 Å². The van der Waals surface area contributed by atoms with Crippen LogP contribution in [-0.4, -0.2) is 32.2 Å². The molecule has 0 fully saturated rings. The van der Waals surface area contributed by atoms with E-state index in [2.05, 4.69) is 9.82 Å². The quantitative estimate of drug-likeness (QED) is 0.543. The van der Waals surface area contributed by atoms with Crippen LogP contribution >= 0.6 is 11.6 Å². The van der Waals surface area contributed by atoms with E-state index in [1.54, 1.807) is 31.4 Å². The van der Waals surface area contributed by atoms with Crippen LogP contribution in [0.1, 0.15) is 30.5 Å². The minimum Gasteiger partial charge on any atom is -0.496 e. The van der Waals surface area contributed by atoms with E-state index >= 15 is 0 Å². The average Bonchev–Trinajstić information content (AvgIpc) is 3.25. The van der Waals surface area contributed by atoms with E-state index in [0.29, 0.717) is 22.9 Å². The zero-order chi connectivity index (χ0) is 23.6. The topological polar surface area (TPSA) is 88.1 Å². The number of carbonyl (C=O) groups excluding carboxylic acids is 1. The maximum Gasteiger partial charge on any atom is 0.261 e. The number of methoxy groups -OCH3 is 1. The van der Waals surface area contributed by atoms with Gasteiger partial charge in [0.05, 0.1) is 23.8 Å². The van der Waals surface area contributed by atoms with Gasteiger partial charge >= 0.3 is 0 Å². The van der Waals surface area contributed by atoms with Gasteiger partial charge in [-0.05, 0) is 48.0 Å². The lowest BCUT2D eigenvalue weighted by atomic mass is 9.97. The first kappa shape index (κ1) is 22.8. The Morgan fingerprint density at radius 2 is 1.73 bits per heavy atom. The number of para-hydroxylation sites is 1. The molecule has 9 heteroatoms. The maximum atomic E-state index is 12.6. The summed E-state index contributed by atoms with van der Waals surface area (Å²) in [7, 11) is -2.15. The van der Waals surface area contributed by atoms with Gasteiger partial charge in [0.25, 0.3) is 10.0 Å². The van der Waals surface area contributed by atoms with Crippen molar-refractivity contribution in [1.82, 2.24) is 5.01 Å². The smallest absolute Gasteiger partial charge is 0.261 e. The minimum atomic E-state index is -3.74. The van der Waals surface area contributed by atoms with E-state index in [-0.39, 0.29) is 16.8 Å². The lowest BCUT2D eigenvalue weighted by molar-refractivity contribution is -0.130. The summed E-state index contributed by atoms with van der Waals surface area (Å²) >= 11 is 5.84. The number of hydrogen-bond acceptors (Lipinski definition) is 5. The Labute approximate surface area is 197 Å². The molecular weight excluding hydrogens is 462 g/mol. The molecule has 3 aromatic rings. The molecule has 0 aromatic heterocycles. The fraction of sp³-hybridized carbons (Fsp3) is 0.167. The molecule has 0 radical (unpaired) electrons. The molecule has 1 heterocycles. The lowest BCUT2D eigenvalue weighted by Gasteiger charge is -2.22. The van der Waals surface area contributed by atoms with E-state index in [4.69, 9.17) is 16.3 Å². The molecule has 1 N–H and O–H groups in total. The summed E-state index contributed by atoms with van der Waals surface area (Å²) in [6.45, 7) is 1.48. The van der Waals surface area contributed by atoms with E-state index < -0.39 is 10.0 Å². The lowest BCUT2D eigenvalue weighted by Crippen LogP contribution is -2.24. The first-order valence-electron chi connectivity index (χ1n) is 10.2. The molecule has 33 heavy (non-hydrogen) atoms. The van der Waals surface area contributed by atoms with Gasteiger partial charge in [0.1, 0.15) is 5.75 Å². The summed E-state index contributed by atoms with van der Waals surface area (Å²) in [4.78, 5) is 12.4. The Morgan fingerprint density at radius 3 is 2.36 bits per heavy atom. The standard InChI is InChI=1S/C24H22ClN3O4S/c1-16(29)28-23(21-5-3-4-6-24(21)32-2)15-22(26-28)17-7-11-19(12-8-17)27-33(30,31)20-13-9-18(25)10-14-20/h3-14,23,27H,15H2,1-2H3. The number of hydrogen-bond donors (Lipinski definition) is 1. The monoisotopic (exact) mass is 483 g/mol. The van der Waals surface area contributed by atoms with Gasteiger partial charge in [0, 0.05) is 29.6 Å². The summed E-state index contributed by atoms with van der Waals surface area (Å²) in [6.07, 6.45) is 0.510. The molecule has 0 aliphatic carbocycles. The normalized spacial score (nSPS) is 15.8. The predicted octanol–water partition coefficient (Wildman–Crippen LogP) is 4.85. The van der Waals surface area contributed by atoms with Crippen LogP contribution in [0.4, 0.5) is 5.69 Å². The van der Waals surface area contributed by atoms with Gasteiger partial charge in [-0.2, -0.15) is 5.10 Å². The van der Waals surface area contributed by atoms with E-state index in [9.17, 15) is 13.2 Å². The van der Waals surface area contributed by atoms with Crippen molar-refractivity contribution in [3.8, 4) is 5.75 Å². The highest BCUT2D eigenvalue weighted by Crippen LogP contribution is 2.37. The van der Waals surface area contributed by atoms with Crippen molar-refractivity contribution in [3.63, 3.8) is 0 Å². The Morgan fingerprint density at radius 1 is 1.06 bits per heavy atom. The van der Waals surface area contributed by atoms with Gasteiger partial charge < -0.3 is 4.74 Å². The Hall–Kier alpha value is -3.36. The minimum absolute atomic E-state index is 0.118. The van der Waals surface area contributed by atoms with Crippen molar-refractivity contribution < 1.29 is 17.9 Å². The molecule has 1 atom stereocenters. The molecule has 1 aliphatic rings. The number of sulfonamides is 1. The average molecular weight is 484 g/mol. The Kier molecular flexibility index (Phi) is 6.40. The van der Waals surface area contributed by atoms with E-state index in [1.165, 1.54) is 36.2 Å². The summed E-state index contributed by atoms with van der Waals surface area (Å²) in [6, 6.07) is 20.1. The number of carbonyl (C=O) groups is 1. The molecule has 0 spiro atoms. The zero-order valence-corrected chi connectivity index (χ0v) is 19.6. The second kappa shape index (κ2) is 9.25. The van der Waals surface area contributed by atoms with Crippen LogP contribution in [0.15, 0.2) is 82.8 Å². The molecule has 3 aromatic carbocycles. The number of ether oxygens (including phenoxy) is 1. The molecule has 0 saturated carbocycles. The van der Waals surface area contributed by atoms with E-state index in [1.807, 2.05) is 24.3 Å². The second-order valence-electron chi connectivity index (χ2n) is 7.51. The fourth-order valence-electron chi connectivity index (χ4n) is 3.72. The highest BCUT2D eigenvalue weighted by molar-refractivity contribution is 7.92. The number of anilines is 1. The number of halogens is 1. The molecule has 1 aliphatic heterocycles. The summed E-state index contributed by atoms with van der Waals surface area (Å²) in [5.41, 5.74) is 2.82. The summed E-state index contributed by atoms with van der Waals surface area (Å²) in [5, 5.41) is 6.47. The number of rotatable bonds is 6. The Balaban J connectivity index is 1.55. The van der Waals surface area contributed by atoms with E-state index in [0.717, 1.165) is 16.8 Å². The molecule has 7 nitrogen and oxygen atoms in total. The third-order valence-corrected chi connectivity index (χ3v) is 6.97. The number of nitrogens with zero attached hydrogens (tertiary/aromatic N) is 2. The molecule has 0 saturated heterocycles. The van der Waals surface area contributed by atoms with Crippen LogP contribution in [0.5, 0.6) is 5.75 Å². The zero-order valence-electron chi connectivity index (χ0n) is 18.0. The summed E-state index contributed by atoms with van der Waals surface area (Å²) in [5.74, 6) is 0.519. The molecule has 1 unspecified atom stereocenters. The molecule has 170 valence electrons. The van der Waals surface area contributed by atoms with Crippen LogP contribution in [0.2, 0.25) is 5.02 Å². The number of nitrogens with one attached hydrogen (secondary N) is 1. The first-order chi connectivity index (χ1) is 15.8.